The fourth-order valence-electron chi connectivity index (χ4n) is 1.59. The van der Waals surface area contributed by atoms with Crippen LogP contribution in [0.1, 0.15) is 19.3 Å². The molecule has 80 valence electrons. The van der Waals surface area contributed by atoms with E-state index in [1.807, 2.05) is 0 Å². The number of nitrogens with two attached hydrogens (primary N) is 2. The predicted molar refractivity (Wildman–Crippen MR) is 56.5 cm³/mol. The maximum atomic E-state index is 10.6. The van der Waals surface area contributed by atoms with Crippen molar-refractivity contribution in [1.82, 2.24) is 5.32 Å². The molecule has 2 unspecified atom stereocenters. The third-order valence-electron chi connectivity index (χ3n) is 2.54. The van der Waals surface area contributed by atoms with Gasteiger partial charge in [-0.15, -0.1) is 0 Å². The molecule has 0 aliphatic heterocycles. The Morgan fingerprint density at radius 2 is 2.36 bits per heavy atom. The fraction of sp³-hybridized carbons (Fsp3) is 0.700. The highest BCUT2D eigenvalue weighted by Crippen LogP contribution is 2.16. The van der Waals surface area contributed by atoms with E-state index >= 15 is 0 Å². The third-order valence-corrected chi connectivity index (χ3v) is 2.54. The summed E-state index contributed by atoms with van der Waals surface area (Å²) in [5.41, 5.74) is 10.5. The molecule has 2 atom stereocenters. The van der Waals surface area contributed by atoms with Crippen molar-refractivity contribution in [2.24, 2.45) is 17.4 Å². The van der Waals surface area contributed by atoms with Crippen molar-refractivity contribution in [3.8, 4) is 0 Å². The van der Waals surface area contributed by atoms with Crippen LogP contribution in [-0.2, 0) is 4.79 Å². The van der Waals surface area contributed by atoms with Gasteiger partial charge in [0, 0.05) is 6.54 Å². The van der Waals surface area contributed by atoms with Gasteiger partial charge >= 0.3 is 0 Å². The minimum atomic E-state index is -0.561. The second kappa shape index (κ2) is 5.78. The van der Waals surface area contributed by atoms with Gasteiger partial charge in [-0.25, -0.2) is 0 Å². The number of allylic oxidation sites excluding steroid dienone is 2. The van der Waals surface area contributed by atoms with Crippen molar-refractivity contribution >= 4 is 5.91 Å². The van der Waals surface area contributed by atoms with Gasteiger partial charge in [-0.2, -0.15) is 0 Å². The molecule has 5 N–H and O–H groups in total. The van der Waals surface area contributed by atoms with Crippen molar-refractivity contribution in [3.05, 3.63) is 12.2 Å². The summed E-state index contributed by atoms with van der Waals surface area (Å²) in [6.07, 6.45) is 7.93. The van der Waals surface area contributed by atoms with Crippen LogP contribution in [0.3, 0.4) is 0 Å². The minimum absolute atomic E-state index is 0.443. The van der Waals surface area contributed by atoms with Gasteiger partial charge in [-0.3, -0.25) is 4.79 Å². The van der Waals surface area contributed by atoms with E-state index < -0.39 is 11.9 Å². The fourth-order valence-corrected chi connectivity index (χ4v) is 1.59. The molecule has 0 fully saturated rings. The second-order valence-electron chi connectivity index (χ2n) is 3.82. The van der Waals surface area contributed by atoms with Crippen LogP contribution in [0.25, 0.3) is 0 Å². The zero-order valence-electron chi connectivity index (χ0n) is 8.41. The van der Waals surface area contributed by atoms with E-state index in [0.717, 1.165) is 19.4 Å². The van der Waals surface area contributed by atoms with Crippen LogP contribution in [0.5, 0.6) is 0 Å². The first-order valence-corrected chi connectivity index (χ1v) is 5.10. The first-order chi connectivity index (χ1) is 6.70. The zero-order valence-corrected chi connectivity index (χ0v) is 8.41. The van der Waals surface area contributed by atoms with E-state index in [1.165, 1.54) is 6.42 Å². The Morgan fingerprint density at radius 3 is 2.93 bits per heavy atom. The lowest BCUT2D eigenvalue weighted by molar-refractivity contribution is -0.119. The third kappa shape index (κ3) is 3.89. The topological polar surface area (TPSA) is 81.1 Å². The standard InChI is InChI=1S/C10H19N3O/c11-9(10(12)14)7-13-6-8-4-2-1-3-5-8/h1-2,8-9,13H,3-7,11H2,(H2,12,14). The molecule has 0 saturated heterocycles. The van der Waals surface area contributed by atoms with E-state index in [1.54, 1.807) is 0 Å². The molecule has 0 bridgehead atoms. The first-order valence-electron chi connectivity index (χ1n) is 5.10. The lowest BCUT2D eigenvalue weighted by Gasteiger charge is -2.18. The number of rotatable bonds is 5. The van der Waals surface area contributed by atoms with E-state index in [9.17, 15) is 4.79 Å². The monoisotopic (exact) mass is 197 g/mol. The highest BCUT2D eigenvalue weighted by molar-refractivity contribution is 5.79. The Bertz CT molecular complexity index is 215. The molecule has 0 aromatic rings. The Morgan fingerprint density at radius 1 is 1.57 bits per heavy atom. The molecular formula is C10H19N3O. The van der Waals surface area contributed by atoms with Crippen molar-refractivity contribution in [2.45, 2.75) is 25.3 Å². The quantitative estimate of drug-likeness (QED) is 0.531. The summed E-state index contributed by atoms with van der Waals surface area (Å²) in [7, 11) is 0. The molecule has 0 aromatic carbocycles. The van der Waals surface area contributed by atoms with Crippen LogP contribution >= 0.6 is 0 Å². The first kappa shape index (κ1) is 11.2. The van der Waals surface area contributed by atoms with Gasteiger partial charge in [-0.1, -0.05) is 12.2 Å². The summed E-state index contributed by atoms with van der Waals surface area (Å²) in [6.45, 7) is 1.40. The number of carbonyl (C=O) groups excluding carboxylic acids is 1. The molecule has 1 amide bonds. The zero-order chi connectivity index (χ0) is 10.4. The summed E-state index contributed by atoms with van der Waals surface area (Å²) in [6, 6.07) is -0.561. The van der Waals surface area contributed by atoms with Gasteiger partial charge in [0.25, 0.3) is 0 Å². The van der Waals surface area contributed by atoms with E-state index in [4.69, 9.17) is 11.5 Å². The van der Waals surface area contributed by atoms with Crippen LogP contribution in [-0.4, -0.2) is 25.0 Å². The smallest absolute Gasteiger partial charge is 0.235 e. The number of carbonyl (C=O) groups is 1. The van der Waals surface area contributed by atoms with Crippen molar-refractivity contribution in [1.29, 1.82) is 0 Å². The lowest BCUT2D eigenvalue weighted by atomic mass is 9.94. The number of primary amides is 1. The maximum Gasteiger partial charge on any atom is 0.235 e. The Balaban J connectivity index is 2.08. The molecule has 1 rings (SSSR count). The summed E-state index contributed by atoms with van der Waals surface area (Å²) >= 11 is 0. The van der Waals surface area contributed by atoms with Crippen molar-refractivity contribution < 1.29 is 4.79 Å². The van der Waals surface area contributed by atoms with Crippen molar-refractivity contribution in [2.75, 3.05) is 13.1 Å². The minimum Gasteiger partial charge on any atom is -0.368 e. The normalized spacial score (nSPS) is 23.4. The summed E-state index contributed by atoms with van der Waals surface area (Å²) in [4.78, 5) is 10.6. The van der Waals surface area contributed by atoms with Gasteiger partial charge in [0.1, 0.15) is 0 Å². The van der Waals surface area contributed by atoms with E-state index in [0.29, 0.717) is 12.5 Å². The van der Waals surface area contributed by atoms with Gasteiger partial charge in [0.2, 0.25) is 5.91 Å². The molecule has 0 saturated carbocycles. The molecule has 0 radical (unpaired) electrons. The van der Waals surface area contributed by atoms with Crippen LogP contribution in [0.4, 0.5) is 0 Å². The molecule has 1 aliphatic rings. The van der Waals surface area contributed by atoms with E-state index in [2.05, 4.69) is 17.5 Å². The Kier molecular flexibility index (Phi) is 4.62. The van der Waals surface area contributed by atoms with Crippen LogP contribution in [0.2, 0.25) is 0 Å². The molecular weight excluding hydrogens is 178 g/mol. The molecule has 4 nitrogen and oxygen atoms in total. The molecule has 1 aliphatic carbocycles. The van der Waals surface area contributed by atoms with E-state index in [-0.39, 0.29) is 0 Å². The van der Waals surface area contributed by atoms with Gasteiger partial charge in [0.05, 0.1) is 6.04 Å². The number of hydrogen-bond acceptors (Lipinski definition) is 3. The average molecular weight is 197 g/mol. The summed E-state index contributed by atoms with van der Waals surface area (Å²) in [5, 5.41) is 3.18. The Hall–Kier alpha value is -0.870. The molecule has 14 heavy (non-hydrogen) atoms. The Labute approximate surface area is 84.7 Å². The summed E-state index contributed by atoms with van der Waals surface area (Å²) in [5.74, 6) is 0.237. The molecule has 4 heteroatoms. The maximum absolute atomic E-state index is 10.6. The van der Waals surface area contributed by atoms with Gasteiger partial charge in [0.15, 0.2) is 0 Å². The second-order valence-corrected chi connectivity index (χ2v) is 3.82. The summed E-state index contributed by atoms with van der Waals surface area (Å²) < 4.78 is 0. The number of nitrogens with one attached hydrogen (secondary N) is 1. The predicted octanol–water partition coefficient (Wildman–Crippen LogP) is -0.255. The van der Waals surface area contributed by atoms with Gasteiger partial charge in [-0.05, 0) is 31.7 Å². The largest absolute Gasteiger partial charge is 0.368 e. The SMILES string of the molecule is NC(=O)C(N)CNCC1CC=CCC1. The highest BCUT2D eigenvalue weighted by atomic mass is 16.1. The van der Waals surface area contributed by atoms with Crippen LogP contribution in [0.15, 0.2) is 12.2 Å². The molecule has 0 aromatic heterocycles. The van der Waals surface area contributed by atoms with Crippen LogP contribution < -0.4 is 16.8 Å². The van der Waals surface area contributed by atoms with Gasteiger partial charge < -0.3 is 16.8 Å². The molecule has 0 spiro atoms. The lowest BCUT2D eigenvalue weighted by Crippen LogP contribution is -2.45. The number of amides is 1. The molecule has 0 heterocycles. The van der Waals surface area contributed by atoms with Crippen LogP contribution in [0, 0.1) is 5.92 Å². The van der Waals surface area contributed by atoms with Crippen molar-refractivity contribution in [3.63, 3.8) is 0 Å². The average Bonchev–Trinajstić information content (AvgIpc) is 2.19. The highest BCUT2D eigenvalue weighted by Gasteiger charge is 2.11. The number of hydrogen-bond donors (Lipinski definition) is 3.